The van der Waals surface area contributed by atoms with Gasteiger partial charge in [-0.15, -0.1) is 0 Å². The molecular formula is C18H26N2O2. The third kappa shape index (κ3) is 2.72. The van der Waals surface area contributed by atoms with Crippen molar-refractivity contribution in [2.45, 2.75) is 37.5 Å². The van der Waals surface area contributed by atoms with Crippen LogP contribution in [0.3, 0.4) is 0 Å². The lowest BCUT2D eigenvalue weighted by Crippen LogP contribution is -2.46. The van der Waals surface area contributed by atoms with Crippen LogP contribution in [0.15, 0.2) is 24.3 Å². The summed E-state index contributed by atoms with van der Waals surface area (Å²) >= 11 is 0. The van der Waals surface area contributed by atoms with Crippen molar-refractivity contribution in [1.29, 1.82) is 0 Å². The van der Waals surface area contributed by atoms with E-state index in [9.17, 15) is 9.90 Å². The number of carbonyl (C=O) groups is 1. The van der Waals surface area contributed by atoms with Gasteiger partial charge in [-0.05, 0) is 31.5 Å². The molecule has 1 aliphatic heterocycles. The highest BCUT2D eigenvalue weighted by atomic mass is 16.4. The largest absolute Gasteiger partial charge is 0.481 e. The molecule has 0 amide bonds. The quantitative estimate of drug-likeness (QED) is 0.932. The molecular weight excluding hydrogens is 276 g/mol. The van der Waals surface area contributed by atoms with Gasteiger partial charge in [-0.25, -0.2) is 0 Å². The minimum Gasteiger partial charge on any atom is -0.481 e. The van der Waals surface area contributed by atoms with Crippen LogP contribution in [0.4, 0.5) is 5.69 Å². The number of likely N-dealkylation sites (N-methyl/N-ethyl adjacent to an activating group) is 1. The Labute approximate surface area is 132 Å². The lowest BCUT2D eigenvalue weighted by atomic mass is 9.69. The predicted molar refractivity (Wildman–Crippen MR) is 88.6 cm³/mol. The summed E-state index contributed by atoms with van der Waals surface area (Å²) in [6, 6.07) is 8.19. The molecule has 1 saturated heterocycles. The van der Waals surface area contributed by atoms with Gasteiger partial charge in [0.15, 0.2) is 0 Å². The van der Waals surface area contributed by atoms with Crippen molar-refractivity contribution in [3.8, 4) is 0 Å². The van der Waals surface area contributed by atoms with Crippen LogP contribution >= 0.6 is 0 Å². The van der Waals surface area contributed by atoms with Crippen molar-refractivity contribution in [1.82, 2.24) is 4.90 Å². The van der Waals surface area contributed by atoms with Crippen molar-refractivity contribution in [3.05, 3.63) is 29.8 Å². The number of benzene rings is 1. The molecule has 1 heterocycles. The molecule has 1 saturated carbocycles. The molecule has 4 nitrogen and oxygen atoms in total. The summed E-state index contributed by atoms with van der Waals surface area (Å²) in [5.74, 6) is -0.645. The number of anilines is 1. The Balaban J connectivity index is 1.97. The highest BCUT2D eigenvalue weighted by molar-refractivity contribution is 5.84. The van der Waals surface area contributed by atoms with E-state index in [1.165, 1.54) is 0 Å². The van der Waals surface area contributed by atoms with Crippen molar-refractivity contribution in [2.24, 2.45) is 0 Å². The zero-order valence-electron chi connectivity index (χ0n) is 13.4. The first-order valence-corrected chi connectivity index (χ1v) is 8.40. The van der Waals surface area contributed by atoms with Crippen LogP contribution in [-0.2, 0) is 10.2 Å². The Morgan fingerprint density at radius 2 is 1.68 bits per heavy atom. The topological polar surface area (TPSA) is 43.8 Å². The summed E-state index contributed by atoms with van der Waals surface area (Å²) in [4.78, 5) is 16.8. The number of hydrogen-bond acceptors (Lipinski definition) is 3. The average Bonchev–Trinajstić information content (AvgIpc) is 2.56. The van der Waals surface area contributed by atoms with Gasteiger partial charge in [0.05, 0.1) is 5.41 Å². The first-order valence-electron chi connectivity index (χ1n) is 8.40. The maximum absolute atomic E-state index is 12.1. The van der Waals surface area contributed by atoms with E-state index in [2.05, 4.69) is 22.9 Å². The van der Waals surface area contributed by atoms with E-state index >= 15 is 0 Å². The molecule has 0 unspecified atom stereocenters. The van der Waals surface area contributed by atoms with Crippen LogP contribution in [0.2, 0.25) is 0 Å². The molecule has 22 heavy (non-hydrogen) atoms. The second-order valence-corrected chi connectivity index (χ2v) is 6.76. The zero-order valence-corrected chi connectivity index (χ0v) is 13.4. The number of hydrogen-bond donors (Lipinski definition) is 1. The van der Waals surface area contributed by atoms with E-state index in [0.717, 1.165) is 69.5 Å². The maximum Gasteiger partial charge on any atom is 0.314 e. The van der Waals surface area contributed by atoms with Crippen LogP contribution in [0, 0.1) is 0 Å². The van der Waals surface area contributed by atoms with Gasteiger partial charge in [0, 0.05) is 31.9 Å². The molecule has 3 rings (SSSR count). The van der Waals surface area contributed by atoms with E-state index in [1.54, 1.807) is 0 Å². The number of piperazine rings is 1. The van der Waals surface area contributed by atoms with Crippen LogP contribution in [0.1, 0.15) is 37.7 Å². The zero-order chi connectivity index (χ0) is 15.6. The minimum absolute atomic E-state index is 0.645. The van der Waals surface area contributed by atoms with E-state index < -0.39 is 11.4 Å². The number of rotatable bonds is 3. The molecule has 1 aliphatic carbocycles. The van der Waals surface area contributed by atoms with Crippen LogP contribution in [-0.4, -0.2) is 49.2 Å². The van der Waals surface area contributed by atoms with Crippen molar-refractivity contribution >= 4 is 11.7 Å². The Morgan fingerprint density at radius 3 is 2.32 bits per heavy atom. The summed E-state index contributed by atoms with van der Waals surface area (Å²) in [5.41, 5.74) is 1.49. The lowest BCUT2D eigenvalue weighted by molar-refractivity contribution is -0.145. The fourth-order valence-corrected chi connectivity index (χ4v) is 3.96. The predicted octanol–water partition coefficient (Wildman–Crippen LogP) is 2.72. The van der Waals surface area contributed by atoms with Gasteiger partial charge >= 0.3 is 5.97 Å². The maximum atomic E-state index is 12.1. The number of nitrogens with zero attached hydrogens (tertiary/aromatic N) is 2. The minimum atomic E-state index is -0.682. The Hall–Kier alpha value is -1.55. The van der Waals surface area contributed by atoms with Crippen LogP contribution in [0.25, 0.3) is 0 Å². The Kier molecular flexibility index (Phi) is 4.39. The summed E-state index contributed by atoms with van der Waals surface area (Å²) in [6.45, 7) is 4.02. The second-order valence-electron chi connectivity index (χ2n) is 6.76. The molecule has 0 spiro atoms. The number of carboxylic acid groups (broad SMARTS) is 1. The van der Waals surface area contributed by atoms with Gasteiger partial charge in [-0.3, -0.25) is 4.79 Å². The molecule has 1 aromatic carbocycles. The van der Waals surface area contributed by atoms with E-state index in [0.29, 0.717) is 0 Å². The normalized spacial score (nSPS) is 22.5. The molecule has 2 aliphatic rings. The third-order valence-electron chi connectivity index (χ3n) is 5.38. The van der Waals surface area contributed by atoms with Gasteiger partial charge in [0.2, 0.25) is 0 Å². The molecule has 0 aromatic heterocycles. The number of carboxylic acids is 1. The highest BCUT2D eigenvalue weighted by Crippen LogP contribution is 2.43. The summed E-state index contributed by atoms with van der Waals surface area (Å²) in [7, 11) is 2.14. The lowest BCUT2D eigenvalue weighted by Gasteiger charge is -2.40. The van der Waals surface area contributed by atoms with Gasteiger partial charge in [0.1, 0.15) is 0 Å². The molecule has 0 atom stereocenters. The number of para-hydroxylation sites is 1. The molecule has 1 aromatic rings. The summed E-state index contributed by atoms with van der Waals surface area (Å²) in [6.07, 6.45) is 4.73. The first-order chi connectivity index (χ1) is 10.6. The standard InChI is InChI=1S/C18H26N2O2/c1-19-11-13-20(14-12-19)16-8-4-3-7-15(16)18(17(21)22)9-5-2-6-10-18/h3-4,7-8H,2,5-6,9-14H2,1H3,(H,21,22). The first kappa shape index (κ1) is 15.3. The summed E-state index contributed by atoms with van der Waals surface area (Å²) < 4.78 is 0. The molecule has 2 fully saturated rings. The molecule has 0 bridgehead atoms. The molecule has 120 valence electrons. The second kappa shape index (κ2) is 6.29. The van der Waals surface area contributed by atoms with Gasteiger partial charge < -0.3 is 14.9 Å². The van der Waals surface area contributed by atoms with Gasteiger partial charge in [-0.1, -0.05) is 37.5 Å². The molecule has 1 N–H and O–H groups in total. The highest BCUT2D eigenvalue weighted by Gasteiger charge is 2.43. The SMILES string of the molecule is CN1CCN(c2ccccc2C2(C(=O)O)CCCCC2)CC1. The monoisotopic (exact) mass is 302 g/mol. The van der Waals surface area contributed by atoms with E-state index in [-0.39, 0.29) is 0 Å². The molecule has 0 radical (unpaired) electrons. The average molecular weight is 302 g/mol. The van der Waals surface area contributed by atoms with Gasteiger partial charge in [0.25, 0.3) is 0 Å². The smallest absolute Gasteiger partial charge is 0.314 e. The van der Waals surface area contributed by atoms with Crippen LogP contribution < -0.4 is 4.90 Å². The van der Waals surface area contributed by atoms with E-state index in [1.807, 2.05) is 18.2 Å². The van der Waals surface area contributed by atoms with Crippen molar-refractivity contribution < 1.29 is 9.90 Å². The molecule has 4 heteroatoms. The van der Waals surface area contributed by atoms with Crippen molar-refractivity contribution in [2.75, 3.05) is 38.1 Å². The van der Waals surface area contributed by atoms with Crippen LogP contribution in [0.5, 0.6) is 0 Å². The Morgan fingerprint density at radius 1 is 1.05 bits per heavy atom. The fourth-order valence-electron chi connectivity index (χ4n) is 3.96. The summed E-state index contributed by atoms with van der Waals surface area (Å²) in [5, 5.41) is 9.98. The van der Waals surface area contributed by atoms with E-state index in [4.69, 9.17) is 0 Å². The number of aliphatic carboxylic acids is 1. The van der Waals surface area contributed by atoms with Gasteiger partial charge in [-0.2, -0.15) is 0 Å². The fraction of sp³-hybridized carbons (Fsp3) is 0.611. The van der Waals surface area contributed by atoms with Crippen molar-refractivity contribution in [3.63, 3.8) is 0 Å². The third-order valence-corrected chi connectivity index (χ3v) is 5.38. The Bertz CT molecular complexity index is 530.